The summed E-state index contributed by atoms with van der Waals surface area (Å²) < 4.78 is 6.05. The Morgan fingerprint density at radius 3 is 2.59 bits per heavy atom. The van der Waals surface area contributed by atoms with Crippen LogP contribution in [-0.2, 0) is 6.54 Å². The van der Waals surface area contributed by atoms with Gasteiger partial charge in [-0.25, -0.2) is 0 Å². The smallest absolute Gasteiger partial charge is 0.257 e. The van der Waals surface area contributed by atoms with Crippen molar-refractivity contribution in [1.29, 1.82) is 0 Å². The number of aryl methyl sites for hydroxylation is 1. The van der Waals surface area contributed by atoms with Crippen molar-refractivity contribution >= 4 is 50.8 Å². The lowest BCUT2D eigenvalue weighted by molar-refractivity contribution is 0.0947. The first-order valence-electron chi connectivity index (χ1n) is 8.72. The molecule has 0 spiro atoms. The van der Waals surface area contributed by atoms with E-state index in [9.17, 15) is 9.59 Å². The first-order valence-corrected chi connectivity index (χ1v) is 9.92. The molecule has 0 unspecified atom stereocenters. The van der Waals surface area contributed by atoms with Crippen molar-refractivity contribution in [3.8, 4) is 0 Å². The molecule has 0 aliphatic carbocycles. The molecule has 0 aliphatic heterocycles. The van der Waals surface area contributed by atoms with Crippen molar-refractivity contribution in [3.63, 3.8) is 0 Å². The number of benzene rings is 2. The molecule has 0 saturated heterocycles. The molecule has 148 valence electrons. The normalized spacial score (nSPS) is 10.3. The molecule has 0 radical (unpaired) electrons. The van der Waals surface area contributed by atoms with Gasteiger partial charge in [-0.1, -0.05) is 34.1 Å². The third kappa shape index (κ3) is 5.52. The summed E-state index contributed by atoms with van der Waals surface area (Å²) in [5, 5.41) is 8.42. The number of rotatable bonds is 5. The number of hydrogen-bond donors (Lipinski definition) is 3. The lowest BCUT2D eigenvalue weighted by Crippen LogP contribution is -2.35. The van der Waals surface area contributed by atoms with Gasteiger partial charge in [0.05, 0.1) is 24.1 Å². The van der Waals surface area contributed by atoms with Gasteiger partial charge < -0.3 is 15.1 Å². The number of halogens is 1. The molecule has 6 nitrogen and oxygen atoms in total. The fourth-order valence-corrected chi connectivity index (χ4v) is 3.11. The van der Waals surface area contributed by atoms with Gasteiger partial charge in [0, 0.05) is 10.0 Å². The van der Waals surface area contributed by atoms with Crippen LogP contribution in [0, 0.1) is 6.92 Å². The van der Waals surface area contributed by atoms with E-state index in [2.05, 4.69) is 31.9 Å². The Kier molecular flexibility index (Phi) is 6.79. The number of furan rings is 1. The fraction of sp³-hybridized carbons (Fsp3) is 0.0952. The molecule has 0 atom stereocenters. The van der Waals surface area contributed by atoms with Crippen molar-refractivity contribution in [2.45, 2.75) is 13.5 Å². The molecule has 2 aromatic carbocycles. The van der Waals surface area contributed by atoms with Crippen LogP contribution in [0.2, 0.25) is 0 Å². The molecular weight excluding hydrogens is 454 g/mol. The lowest BCUT2D eigenvalue weighted by atomic mass is 10.1. The van der Waals surface area contributed by atoms with Crippen molar-refractivity contribution in [2.75, 3.05) is 5.32 Å². The van der Waals surface area contributed by atoms with Gasteiger partial charge in [-0.2, -0.15) is 0 Å². The summed E-state index contributed by atoms with van der Waals surface area (Å²) >= 11 is 8.65. The SMILES string of the molecule is Cc1ccc(C(=O)NC(=S)Nc2ccccc2C(=O)NCc2ccco2)cc1Br. The summed E-state index contributed by atoms with van der Waals surface area (Å²) in [5.41, 5.74) is 2.38. The molecule has 1 heterocycles. The highest BCUT2D eigenvalue weighted by molar-refractivity contribution is 9.10. The Bertz CT molecular complexity index is 1050. The van der Waals surface area contributed by atoms with Gasteiger partial charge in [-0.05, 0) is 61.1 Å². The third-order valence-corrected chi connectivity index (χ3v) is 5.14. The summed E-state index contributed by atoms with van der Waals surface area (Å²) in [5.74, 6) is 0.0138. The van der Waals surface area contributed by atoms with Gasteiger partial charge >= 0.3 is 0 Å². The molecule has 0 aliphatic rings. The maximum Gasteiger partial charge on any atom is 0.257 e. The third-order valence-electron chi connectivity index (χ3n) is 4.08. The zero-order valence-electron chi connectivity index (χ0n) is 15.5. The fourth-order valence-electron chi connectivity index (χ4n) is 2.53. The molecule has 3 N–H and O–H groups in total. The van der Waals surface area contributed by atoms with E-state index in [4.69, 9.17) is 16.6 Å². The van der Waals surface area contributed by atoms with Gasteiger partial charge in [-0.3, -0.25) is 14.9 Å². The minimum Gasteiger partial charge on any atom is -0.467 e. The van der Waals surface area contributed by atoms with Crippen molar-refractivity contribution < 1.29 is 14.0 Å². The molecule has 29 heavy (non-hydrogen) atoms. The van der Waals surface area contributed by atoms with Crippen LogP contribution in [0.15, 0.2) is 69.8 Å². The minimum absolute atomic E-state index is 0.0954. The number of amides is 2. The van der Waals surface area contributed by atoms with Crippen LogP contribution in [0.5, 0.6) is 0 Å². The van der Waals surface area contributed by atoms with E-state index < -0.39 is 0 Å². The van der Waals surface area contributed by atoms with Gasteiger partial charge in [0.1, 0.15) is 5.76 Å². The summed E-state index contributed by atoms with van der Waals surface area (Å²) in [6.07, 6.45) is 1.55. The number of anilines is 1. The Morgan fingerprint density at radius 1 is 1.07 bits per heavy atom. The molecule has 1 aromatic heterocycles. The molecular formula is C21H18BrN3O3S. The Morgan fingerprint density at radius 2 is 1.86 bits per heavy atom. The van der Waals surface area contributed by atoms with Crippen LogP contribution in [0.4, 0.5) is 5.69 Å². The average Bonchev–Trinajstić information content (AvgIpc) is 3.22. The zero-order chi connectivity index (χ0) is 20.8. The number of para-hydroxylation sites is 1. The standard InChI is InChI=1S/C21H18BrN3O3S/c1-13-8-9-14(11-17(13)22)19(26)25-21(29)24-18-7-3-2-6-16(18)20(27)23-12-15-5-4-10-28-15/h2-11H,12H2,1H3,(H,23,27)(H2,24,25,26,29). The monoisotopic (exact) mass is 471 g/mol. The number of carbonyl (C=O) groups is 2. The first kappa shape index (κ1) is 20.8. The Balaban J connectivity index is 1.64. The van der Waals surface area contributed by atoms with E-state index in [0.29, 0.717) is 22.6 Å². The molecule has 2 amide bonds. The molecule has 0 fully saturated rings. The van der Waals surface area contributed by atoms with Crippen LogP contribution in [0.3, 0.4) is 0 Å². The van der Waals surface area contributed by atoms with Gasteiger partial charge in [0.2, 0.25) is 0 Å². The summed E-state index contributed by atoms with van der Waals surface area (Å²) in [4.78, 5) is 24.9. The predicted molar refractivity (Wildman–Crippen MR) is 119 cm³/mol. The first-order chi connectivity index (χ1) is 13.9. The summed E-state index contributed by atoms with van der Waals surface area (Å²) in [6.45, 7) is 2.20. The van der Waals surface area contributed by atoms with Crippen molar-refractivity contribution in [3.05, 3.63) is 87.8 Å². The van der Waals surface area contributed by atoms with Crippen LogP contribution in [-0.4, -0.2) is 16.9 Å². The van der Waals surface area contributed by atoms with E-state index in [1.54, 1.807) is 54.8 Å². The second kappa shape index (κ2) is 9.49. The van der Waals surface area contributed by atoms with E-state index in [1.165, 1.54) is 0 Å². The van der Waals surface area contributed by atoms with E-state index >= 15 is 0 Å². The number of thiocarbonyl (C=S) groups is 1. The molecule has 0 saturated carbocycles. The second-order valence-electron chi connectivity index (χ2n) is 6.18. The van der Waals surface area contributed by atoms with Crippen LogP contribution >= 0.6 is 28.1 Å². The molecule has 0 bridgehead atoms. The maximum atomic E-state index is 12.5. The maximum absolute atomic E-state index is 12.5. The highest BCUT2D eigenvalue weighted by Gasteiger charge is 2.14. The Labute approximate surface area is 181 Å². The van der Waals surface area contributed by atoms with Crippen LogP contribution < -0.4 is 16.0 Å². The summed E-state index contributed by atoms with van der Waals surface area (Å²) in [6, 6.07) is 15.7. The van der Waals surface area contributed by atoms with Gasteiger partial charge in [0.25, 0.3) is 11.8 Å². The summed E-state index contributed by atoms with van der Waals surface area (Å²) in [7, 11) is 0. The number of carbonyl (C=O) groups excluding carboxylic acids is 2. The van der Waals surface area contributed by atoms with Crippen LogP contribution in [0.1, 0.15) is 32.0 Å². The predicted octanol–water partition coefficient (Wildman–Crippen LogP) is 4.41. The number of nitrogens with one attached hydrogen (secondary N) is 3. The van der Waals surface area contributed by atoms with E-state index in [0.717, 1.165) is 10.0 Å². The minimum atomic E-state index is -0.344. The topological polar surface area (TPSA) is 83.4 Å². The van der Waals surface area contributed by atoms with E-state index in [-0.39, 0.29) is 23.5 Å². The van der Waals surface area contributed by atoms with Crippen LogP contribution in [0.25, 0.3) is 0 Å². The largest absolute Gasteiger partial charge is 0.467 e. The van der Waals surface area contributed by atoms with Gasteiger partial charge in [0.15, 0.2) is 5.11 Å². The van der Waals surface area contributed by atoms with E-state index in [1.807, 2.05) is 13.0 Å². The highest BCUT2D eigenvalue weighted by atomic mass is 79.9. The molecule has 8 heteroatoms. The Hall–Kier alpha value is -2.97. The lowest BCUT2D eigenvalue weighted by Gasteiger charge is -2.13. The number of hydrogen-bond acceptors (Lipinski definition) is 4. The average molecular weight is 472 g/mol. The quantitative estimate of drug-likeness (QED) is 0.480. The van der Waals surface area contributed by atoms with Gasteiger partial charge in [-0.15, -0.1) is 0 Å². The van der Waals surface area contributed by atoms with Crippen molar-refractivity contribution in [1.82, 2.24) is 10.6 Å². The van der Waals surface area contributed by atoms with Crippen molar-refractivity contribution in [2.24, 2.45) is 0 Å². The second-order valence-corrected chi connectivity index (χ2v) is 7.44. The zero-order valence-corrected chi connectivity index (χ0v) is 17.9. The highest BCUT2D eigenvalue weighted by Crippen LogP contribution is 2.18. The molecule has 3 rings (SSSR count). The molecule has 3 aromatic rings.